The van der Waals surface area contributed by atoms with Gasteiger partial charge in [0, 0.05) is 74.4 Å². The monoisotopic (exact) mass is 519 g/mol. The molecule has 1 aromatic heterocycles. The largest absolute Gasteiger partial charge is 0.461 e. The number of unbranched alkanes of at least 4 members (excludes halogenated alkanes) is 1. The molecule has 0 saturated carbocycles. The lowest BCUT2D eigenvalue weighted by molar-refractivity contribution is -0.147. The summed E-state index contributed by atoms with van der Waals surface area (Å²) in [4.78, 5) is 16.7. The van der Waals surface area contributed by atoms with Crippen molar-refractivity contribution in [1.29, 1.82) is 0 Å². The van der Waals surface area contributed by atoms with Crippen LogP contribution in [0.5, 0.6) is 0 Å². The molecule has 6 heteroatoms. The topological polar surface area (TPSA) is 37.7 Å². The number of halogens is 1. The van der Waals surface area contributed by atoms with Crippen LogP contribution >= 0.6 is 12.4 Å². The van der Waals surface area contributed by atoms with E-state index >= 15 is 0 Å². The fraction of sp³-hybridized carbons (Fsp3) is 0.387. The van der Waals surface area contributed by atoms with E-state index in [-0.39, 0.29) is 24.5 Å². The highest BCUT2D eigenvalue weighted by Crippen LogP contribution is 2.29. The zero-order valence-corrected chi connectivity index (χ0v) is 22.5. The summed E-state index contributed by atoms with van der Waals surface area (Å²) in [6.45, 7) is 8.71. The zero-order valence-electron chi connectivity index (χ0n) is 21.7. The molecule has 0 bridgehead atoms. The average Bonchev–Trinajstić information content (AvgIpc) is 3.21. The van der Waals surface area contributed by atoms with Gasteiger partial charge >= 0.3 is 5.97 Å². The number of hydrogen-bond acceptors (Lipinski definition) is 4. The smallest absolute Gasteiger partial charge is 0.302 e. The quantitative estimate of drug-likeness (QED) is 0.196. The average molecular weight is 520 g/mol. The number of para-hydroxylation sites is 2. The van der Waals surface area contributed by atoms with E-state index in [0.717, 1.165) is 52.2 Å². The minimum atomic E-state index is -0.196. The maximum atomic E-state index is 11.7. The minimum Gasteiger partial charge on any atom is -0.461 e. The van der Waals surface area contributed by atoms with Crippen molar-refractivity contribution in [3.05, 3.63) is 84.4 Å². The van der Waals surface area contributed by atoms with Crippen LogP contribution in [-0.2, 0) is 22.5 Å². The van der Waals surface area contributed by atoms with E-state index in [1.165, 1.54) is 47.1 Å². The highest BCUT2D eigenvalue weighted by atomic mass is 35.5. The third-order valence-corrected chi connectivity index (χ3v) is 7.35. The Morgan fingerprint density at radius 2 is 1.30 bits per heavy atom. The first-order valence-corrected chi connectivity index (χ1v) is 13.3. The van der Waals surface area contributed by atoms with Crippen LogP contribution in [0.2, 0.25) is 0 Å². The fourth-order valence-corrected chi connectivity index (χ4v) is 5.59. The SMILES string of the molecule is CC(=O)OC(Cc1ccccc1)CN1CCN(CCCCn2c3ccccc3c3ccccc32)CC1.Cl. The molecule has 37 heavy (non-hydrogen) atoms. The van der Waals surface area contributed by atoms with Crippen LogP contribution in [0, 0.1) is 0 Å². The number of aromatic nitrogens is 1. The van der Waals surface area contributed by atoms with Crippen LogP contribution in [0.3, 0.4) is 0 Å². The van der Waals surface area contributed by atoms with E-state index < -0.39 is 0 Å². The third-order valence-electron chi connectivity index (χ3n) is 7.35. The van der Waals surface area contributed by atoms with Crippen molar-refractivity contribution in [2.45, 2.75) is 38.8 Å². The number of benzene rings is 3. The Morgan fingerprint density at radius 3 is 1.92 bits per heavy atom. The lowest BCUT2D eigenvalue weighted by Gasteiger charge is -2.36. The van der Waals surface area contributed by atoms with Crippen molar-refractivity contribution in [2.24, 2.45) is 0 Å². The number of hydrogen-bond donors (Lipinski definition) is 0. The Kier molecular flexibility index (Phi) is 9.62. The van der Waals surface area contributed by atoms with Crippen LogP contribution in [0.1, 0.15) is 25.3 Å². The highest BCUT2D eigenvalue weighted by molar-refractivity contribution is 6.07. The number of piperazine rings is 1. The van der Waals surface area contributed by atoms with Gasteiger partial charge < -0.3 is 14.2 Å². The second-order valence-corrected chi connectivity index (χ2v) is 9.96. The van der Waals surface area contributed by atoms with Gasteiger partial charge in [-0.1, -0.05) is 66.7 Å². The summed E-state index contributed by atoms with van der Waals surface area (Å²) >= 11 is 0. The van der Waals surface area contributed by atoms with Crippen LogP contribution in [0.15, 0.2) is 78.9 Å². The van der Waals surface area contributed by atoms with Gasteiger partial charge in [0.1, 0.15) is 6.10 Å². The molecule has 1 aliphatic rings. The van der Waals surface area contributed by atoms with Gasteiger partial charge in [-0.25, -0.2) is 0 Å². The fourth-order valence-electron chi connectivity index (χ4n) is 5.59. The van der Waals surface area contributed by atoms with Gasteiger partial charge in [-0.05, 0) is 37.1 Å². The Hall–Kier alpha value is -2.86. The number of rotatable bonds is 10. The summed E-state index contributed by atoms with van der Waals surface area (Å²) in [6.07, 6.45) is 3.05. The number of esters is 1. The number of fused-ring (bicyclic) bond motifs is 3. The predicted molar refractivity (Wildman–Crippen MR) is 155 cm³/mol. The van der Waals surface area contributed by atoms with E-state index in [1.807, 2.05) is 18.2 Å². The first-order chi connectivity index (χ1) is 17.7. The molecule has 4 aromatic rings. The lowest BCUT2D eigenvalue weighted by Crippen LogP contribution is -2.49. The summed E-state index contributed by atoms with van der Waals surface area (Å²) in [5.41, 5.74) is 3.89. The van der Waals surface area contributed by atoms with Crippen molar-refractivity contribution < 1.29 is 9.53 Å². The van der Waals surface area contributed by atoms with E-state index in [9.17, 15) is 4.79 Å². The molecule has 1 aliphatic heterocycles. The normalized spacial score (nSPS) is 15.5. The van der Waals surface area contributed by atoms with Gasteiger partial charge in [-0.15, -0.1) is 12.4 Å². The molecule has 0 N–H and O–H groups in total. The first kappa shape index (κ1) is 27.2. The van der Waals surface area contributed by atoms with Gasteiger partial charge in [-0.2, -0.15) is 0 Å². The second-order valence-electron chi connectivity index (χ2n) is 9.96. The number of carbonyl (C=O) groups excluding carboxylic acids is 1. The van der Waals surface area contributed by atoms with E-state index in [0.29, 0.717) is 0 Å². The lowest BCUT2D eigenvalue weighted by atomic mass is 10.1. The molecule has 0 spiro atoms. The maximum Gasteiger partial charge on any atom is 0.302 e. The molecule has 0 amide bonds. The molecule has 1 fully saturated rings. The summed E-state index contributed by atoms with van der Waals surface area (Å²) in [5.74, 6) is -0.196. The Labute approximate surface area is 226 Å². The molecule has 1 atom stereocenters. The molecule has 1 saturated heterocycles. The van der Waals surface area contributed by atoms with Crippen LogP contribution in [0.4, 0.5) is 0 Å². The zero-order chi connectivity index (χ0) is 24.7. The Bertz CT molecular complexity index is 1230. The van der Waals surface area contributed by atoms with E-state index in [2.05, 4.69) is 75.0 Å². The van der Waals surface area contributed by atoms with Crippen LogP contribution in [-0.4, -0.2) is 65.7 Å². The second kappa shape index (κ2) is 13.1. The molecule has 5 nitrogen and oxygen atoms in total. The first-order valence-electron chi connectivity index (χ1n) is 13.3. The molecular formula is C31H38ClN3O2. The molecule has 0 radical (unpaired) electrons. The van der Waals surface area contributed by atoms with Gasteiger partial charge in [0.05, 0.1) is 0 Å². The highest BCUT2D eigenvalue weighted by Gasteiger charge is 2.22. The van der Waals surface area contributed by atoms with Crippen molar-refractivity contribution in [3.63, 3.8) is 0 Å². The summed E-state index contributed by atoms with van der Waals surface area (Å²) < 4.78 is 8.15. The van der Waals surface area contributed by atoms with Crippen molar-refractivity contribution in [3.8, 4) is 0 Å². The minimum absolute atomic E-state index is 0. The molecule has 3 aromatic carbocycles. The van der Waals surface area contributed by atoms with Gasteiger partial charge in [0.2, 0.25) is 0 Å². The van der Waals surface area contributed by atoms with Crippen molar-refractivity contribution in [2.75, 3.05) is 39.3 Å². The van der Waals surface area contributed by atoms with E-state index in [4.69, 9.17) is 4.74 Å². The van der Waals surface area contributed by atoms with Crippen LogP contribution in [0.25, 0.3) is 21.8 Å². The van der Waals surface area contributed by atoms with Crippen LogP contribution < -0.4 is 0 Å². The standard InChI is InChI=1S/C31H37N3O2.ClH/c1-25(35)36-27(23-26-11-3-2-4-12-26)24-33-21-19-32(20-22-33)17-9-10-18-34-30-15-7-5-13-28(30)29-14-6-8-16-31(29)34;/h2-8,11-16,27H,9-10,17-24H2,1H3;1H. The maximum absolute atomic E-state index is 11.7. The van der Waals surface area contributed by atoms with E-state index in [1.54, 1.807) is 0 Å². The van der Waals surface area contributed by atoms with Gasteiger partial charge in [0.15, 0.2) is 0 Å². The number of ether oxygens (including phenoxy) is 1. The molecule has 196 valence electrons. The molecular weight excluding hydrogens is 482 g/mol. The Balaban J connectivity index is 0.00000320. The summed E-state index contributed by atoms with van der Waals surface area (Å²) in [6, 6.07) is 27.8. The number of aryl methyl sites for hydroxylation is 1. The van der Waals surface area contributed by atoms with Gasteiger partial charge in [-0.3, -0.25) is 9.69 Å². The van der Waals surface area contributed by atoms with Crippen molar-refractivity contribution >= 4 is 40.2 Å². The number of nitrogens with zero attached hydrogens (tertiary/aromatic N) is 3. The molecule has 5 rings (SSSR count). The summed E-state index contributed by atoms with van der Waals surface area (Å²) in [5, 5.41) is 2.70. The molecule has 2 heterocycles. The third kappa shape index (κ3) is 6.92. The number of carbonyl (C=O) groups is 1. The predicted octanol–water partition coefficient (Wildman–Crippen LogP) is 5.79. The van der Waals surface area contributed by atoms with Crippen molar-refractivity contribution in [1.82, 2.24) is 14.4 Å². The summed E-state index contributed by atoms with van der Waals surface area (Å²) in [7, 11) is 0. The Morgan fingerprint density at radius 1 is 0.757 bits per heavy atom. The molecule has 1 unspecified atom stereocenters. The van der Waals surface area contributed by atoms with Gasteiger partial charge in [0.25, 0.3) is 0 Å². The molecule has 0 aliphatic carbocycles.